The molecule has 0 heterocycles. The van der Waals surface area contributed by atoms with Crippen molar-refractivity contribution in [2.45, 2.75) is 90.9 Å². The van der Waals surface area contributed by atoms with Crippen LogP contribution in [0.5, 0.6) is 0 Å². The Morgan fingerprint density at radius 3 is 1.38 bits per heavy atom. The minimum atomic E-state index is -0.0714. The summed E-state index contributed by atoms with van der Waals surface area (Å²) in [4.78, 5) is 24.1. The van der Waals surface area contributed by atoms with Crippen LogP contribution >= 0.6 is 0 Å². The summed E-state index contributed by atoms with van der Waals surface area (Å²) in [6.07, 6.45) is 11.9. The topological polar surface area (TPSA) is 52.6 Å². The fraction of sp³-hybridized carbons (Fsp3) is 0.900. The first kappa shape index (κ1) is 21.0. The first-order valence-corrected chi connectivity index (χ1v) is 10.0. The maximum Gasteiger partial charge on any atom is 0.308 e. The largest absolute Gasteiger partial charge is 0.465 e. The minimum Gasteiger partial charge on any atom is -0.465 e. The van der Waals surface area contributed by atoms with Gasteiger partial charge in [0.15, 0.2) is 0 Å². The van der Waals surface area contributed by atoms with Gasteiger partial charge in [-0.05, 0) is 38.5 Å². The van der Waals surface area contributed by atoms with Gasteiger partial charge in [0.25, 0.3) is 0 Å². The van der Waals surface area contributed by atoms with E-state index in [-0.39, 0.29) is 23.8 Å². The Balaban J connectivity index is 2.11. The number of carbonyl (C=O) groups excluding carboxylic acids is 2. The van der Waals surface area contributed by atoms with Crippen LogP contribution in [-0.2, 0) is 19.1 Å². The quantitative estimate of drug-likeness (QED) is 0.369. The highest BCUT2D eigenvalue weighted by Gasteiger charge is 2.31. The standard InChI is InChI=1S/C20H36O4/c1-3-5-7-9-15-23-19(21)17-11-13-18(14-12-17)20(22)24-16-10-8-6-4-2/h17-18H,3-16H2,1-2H3. The number of hydrogen-bond acceptors (Lipinski definition) is 4. The lowest BCUT2D eigenvalue weighted by molar-refractivity contribution is -0.155. The van der Waals surface area contributed by atoms with Crippen LogP contribution in [0.3, 0.4) is 0 Å². The van der Waals surface area contributed by atoms with E-state index in [1.54, 1.807) is 0 Å². The molecule has 1 saturated carbocycles. The first-order chi connectivity index (χ1) is 11.7. The Morgan fingerprint density at radius 2 is 1.04 bits per heavy atom. The molecule has 0 aromatic carbocycles. The smallest absolute Gasteiger partial charge is 0.308 e. The number of hydrogen-bond donors (Lipinski definition) is 0. The second-order valence-electron chi connectivity index (χ2n) is 7.00. The van der Waals surface area contributed by atoms with Crippen molar-refractivity contribution < 1.29 is 19.1 Å². The molecule has 0 spiro atoms. The van der Waals surface area contributed by atoms with Crippen LogP contribution in [0.15, 0.2) is 0 Å². The van der Waals surface area contributed by atoms with Gasteiger partial charge in [-0.25, -0.2) is 0 Å². The van der Waals surface area contributed by atoms with E-state index in [2.05, 4.69) is 13.8 Å². The van der Waals surface area contributed by atoms with Crippen LogP contribution in [0, 0.1) is 11.8 Å². The fourth-order valence-corrected chi connectivity index (χ4v) is 3.20. The maximum absolute atomic E-state index is 12.0. The van der Waals surface area contributed by atoms with Crippen LogP contribution in [0.25, 0.3) is 0 Å². The molecular formula is C20H36O4. The van der Waals surface area contributed by atoms with E-state index < -0.39 is 0 Å². The third kappa shape index (κ3) is 8.70. The van der Waals surface area contributed by atoms with E-state index in [0.717, 1.165) is 51.4 Å². The van der Waals surface area contributed by atoms with E-state index in [4.69, 9.17) is 9.47 Å². The molecular weight excluding hydrogens is 304 g/mol. The normalized spacial score (nSPS) is 20.6. The number of carbonyl (C=O) groups is 2. The van der Waals surface area contributed by atoms with Crippen molar-refractivity contribution in [1.82, 2.24) is 0 Å². The summed E-state index contributed by atoms with van der Waals surface area (Å²) >= 11 is 0. The average molecular weight is 341 g/mol. The van der Waals surface area contributed by atoms with Crippen molar-refractivity contribution in [3.8, 4) is 0 Å². The number of ether oxygens (including phenoxy) is 2. The molecule has 4 heteroatoms. The van der Waals surface area contributed by atoms with E-state index >= 15 is 0 Å². The van der Waals surface area contributed by atoms with Gasteiger partial charge < -0.3 is 9.47 Å². The van der Waals surface area contributed by atoms with Crippen molar-refractivity contribution in [2.75, 3.05) is 13.2 Å². The third-order valence-corrected chi connectivity index (χ3v) is 4.88. The summed E-state index contributed by atoms with van der Waals surface area (Å²) < 4.78 is 10.7. The molecule has 0 N–H and O–H groups in total. The van der Waals surface area contributed by atoms with Gasteiger partial charge >= 0.3 is 11.9 Å². The van der Waals surface area contributed by atoms with Crippen molar-refractivity contribution >= 4 is 11.9 Å². The van der Waals surface area contributed by atoms with Gasteiger partial charge in [0, 0.05) is 0 Å². The van der Waals surface area contributed by atoms with E-state index in [9.17, 15) is 9.59 Å². The minimum absolute atomic E-state index is 0.0234. The van der Waals surface area contributed by atoms with E-state index in [1.807, 2.05) is 0 Å². The zero-order valence-electron chi connectivity index (χ0n) is 15.7. The number of rotatable bonds is 12. The molecule has 1 fully saturated rings. The van der Waals surface area contributed by atoms with Gasteiger partial charge in [-0.2, -0.15) is 0 Å². The molecule has 1 aliphatic rings. The SMILES string of the molecule is CCCCCCOC(=O)C1CCC(C(=O)OCCCCCC)CC1. The van der Waals surface area contributed by atoms with Crippen LogP contribution in [0.1, 0.15) is 90.9 Å². The molecule has 0 amide bonds. The summed E-state index contributed by atoms with van der Waals surface area (Å²) in [5.74, 6) is -0.190. The summed E-state index contributed by atoms with van der Waals surface area (Å²) in [5.41, 5.74) is 0. The zero-order chi connectivity index (χ0) is 17.6. The average Bonchev–Trinajstić information content (AvgIpc) is 2.61. The third-order valence-electron chi connectivity index (χ3n) is 4.88. The Labute approximate surface area is 147 Å². The van der Waals surface area contributed by atoms with Gasteiger partial charge in [-0.3, -0.25) is 9.59 Å². The van der Waals surface area contributed by atoms with E-state index in [0.29, 0.717) is 13.2 Å². The van der Waals surface area contributed by atoms with Crippen molar-refractivity contribution in [1.29, 1.82) is 0 Å². The Bertz CT molecular complexity index is 312. The molecule has 24 heavy (non-hydrogen) atoms. The van der Waals surface area contributed by atoms with Gasteiger partial charge in [0.1, 0.15) is 0 Å². The van der Waals surface area contributed by atoms with Gasteiger partial charge in [-0.1, -0.05) is 52.4 Å². The predicted octanol–water partition coefficient (Wildman–Crippen LogP) is 5.04. The first-order valence-electron chi connectivity index (χ1n) is 10.0. The molecule has 140 valence electrons. The molecule has 1 rings (SSSR count). The van der Waals surface area contributed by atoms with Gasteiger partial charge in [0.2, 0.25) is 0 Å². The van der Waals surface area contributed by atoms with Gasteiger partial charge in [0.05, 0.1) is 25.0 Å². The number of esters is 2. The highest BCUT2D eigenvalue weighted by atomic mass is 16.5. The molecule has 0 unspecified atom stereocenters. The Hall–Kier alpha value is -1.06. The molecule has 1 aliphatic carbocycles. The summed E-state index contributed by atoms with van der Waals surface area (Å²) in [5, 5.41) is 0. The van der Waals surface area contributed by atoms with Crippen molar-refractivity contribution in [3.63, 3.8) is 0 Å². The molecule has 0 saturated heterocycles. The molecule has 0 aromatic rings. The fourth-order valence-electron chi connectivity index (χ4n) is 3.20. The van der Waals surface area contributed by atoms with Crippen molar-refractivity contribution in [3.05, 3.63) is 0 Å². The lowest BCUT2D eigenvalue weighted by Gasteiger charge is -2.26. The molecule has 0 bridgehead atoms. The van der Waals surface area contributed by atoms with Crippen LogP contribution in [-0.4, -0.2) is 25.2 Å². The van der Waals surface area contributed by atoms with Crippen molar-refractivity contribution in [2.24, 2.45) is 11.8 Å². The number of unbranched alkanes of at least 4 members (excludes halogenated alkanes) is 6. The van der Waals surface area contributed by atoms with Gasteiger partial charge in [-0.15, -0.1) is 0 Å². The Kier molecular flexibility index (Phi) is 11.6. The molecule has 0 aromatic heterocycles. The second kappa shape index (κ2) is 13.3. The molecule has 0 atom stereocenters. The predicted molar refractivity (Wildman–Crippen MR) is 95.7 cm³/mol. The zero-order valence-corrected chi connectivity index (χ0v) is 15.7. The van der Waals surface area contributed by atoms with Crippen LogP contribution < -0.4 is 0 Å². The lowest BCUT2D eigenvalue weighted by Crippen LogP contribution is -2.28. The lowest BCUT2D eigenvalue weighted by atomic mass is 9.82. The second-order valence-corrected chi connectivity index (χ2v) is 7.00. The molecule has 0 aliphatic heterocycles. The Morgan fingerprint density at radius 1 is 0.667 bits per heavy atom. The molecule has 4 nitrogen and oxygen atoms in total. The highest BCUT2D eigenvalue weighted by molar-refractivity contribution is 5.75. The molecule has 0 radical (unpaired) electrons. The maximum atomic E-state index is 12.0. The summed E-state index contributed by atoms with van der Waals surface area (Å²) in [6.45, 7) is 5.42. The summed E-state index contributed by atoms with van der Waals surface area (Å²) in [6, 6.07) is 0. The monoisotopic (exact) mass is 340 g/mol. The van der Waals surface area contributed by atoms with Crippen LogP contribution in [0.4, 0.5) is 0 Å². The van der Waals surface area contributed by atoms with E-state index in [1.165, 1.54) is 25.7 Å². The highest BCUT2D eigenvalue weighted by Crippen LogP contribution is 2.30. The van der Waals surface area contributed by atoms with Crippen LogP contribution in [0.2, 0.25) is 0 Å². The summed E-state index contributed by atoms with van der Waals surface area (Å²) in [7, 11) is 0.